The van der Waals surface area contributed by atoms with Gasteiger partial charge >= 0.3 is 0 Å². The maximum Gasteiger partial charge on any atom is 0.222 e. The topological polar surface area (TPSA) is 102 Å². The van der Waals surface area contributed by atoms with Gasteiger partial charge in [-0.15, -0.1) is 0 Å². The average Bonchev–Trinajstić information content (AvgIpc) is 2.77. The molecule has 0 atom stereocenters. The molecule has 6 nitrogen and oxygen atoms in total. The number of aromatic nitrogens is 2. The summed E-state index contributed by atoms with van der Waals surface area (Å²) in [5.41, 5.74) is 13.4. The van der Waals surface area contributed by atoms with E-state index >= 15 is 0 Å². The van der Waals surface area contributed by atoms with E-state index in [0.29, 0.717) is 28.5 Å². The quantitative estimate of drug-likeness (QED) is 0.343. The fourth-order valence-corrected chi connectivity index (χ4v) is 3.90. The van der Waals surface area contributed by atoms with Gasteiger partial charge < -0.3 is 21.5 Å². The first-order valence-corrected chi connectivity index (χ1v) is 11.2. The molecule has 3 rings (SSSR count). The minimum atomic E-state index is 0.470. The fourth-order valence-electron chi connectivity index (χ4n) is 3.04. The summed E-state index contributed by atoms with van der Waals surface area (Å²) in [4.78, 5) is 9.69. The van der Waals surface area contributed by atoms with E-state index in [0.717, 1.165) is 10.5 Å². The first-order valence-electron chi connectivity index (χ1n) is 9.97. The van der Waals surface area contributed by atoms with Crippen LogP contribution in [-0.4, -0.2) is 16.0 Å². The lowest BCUT2D eigenvalue weighted by Gasteiger charge is -2.22. The number of rotatable bonds is 8. The molecule has 0 bridgehead atoms. The number of nitrogens with zero attached hydrogens (tertiary/aromatic N) is 2. The van der Waals surface area contributed by atoms with Crippen molar-refractivity contribution in [1.29, 1.82) is 0 Å². The van der Waals surface area contributed by atoms with Gasteiger partial charge in [0.2, 0.25) is 5.95 Å². The Labute approximate surface area is 187 Å². The van der Waals surface area contributed by atoms with Crippen molar-refractivity contribution in [3.63, 3.8) is 0 Å². The maximum atomic E-state index is 6.12. The first kappa shape index (κ1) is 22.1. The Kier molecular flexibility index (Phi) is 8.47. The van der Waals surface area contributed by atoms with Gasteiger partial charge in [-0.05, 0) is 61.2 Å². The van der Waals surface area contributed by atoms with Gasteiger partial charge in [0.05, 0.1) is 5.02 Å². The summed E-state index contributed by atoms with van der Waals surface area (Å²) in [5.74, 6) is 1.15. The van der Waals surface area contributed by atoms with Crippen LogP contribution in [0, 0.1) is 0 Å². The van der Waals surface area contributed by atoms with E-state index in [1.807, 2.05) is 30.3 Å². The number of anilines is 1. The zero-order valence-corrected chi connectivity index (χ0v) is 18.3. The molecule has 0 aliphatic heterocycles. The summed E-state index contributed by atoms with van der Waals surface area (Å²) in [6.45, 7) is 0. The predicted octanol–water partition coefficient (Wildman–Crippen LogP) is 4.83. The molecule has 1 aliphatic rings. The third kappa shape index (κ3) is 7.31. The lowest BCUT2D eigenvalue weighted by molar-refractivity contribution is 0.461. The Morgan fingerprint density at radius 2 is 1.80 bits per heavy atom. The molecule has 8 heteroatoms. The Hall–Kier alpha value is -2.64. The lowest BCUT2D eigenvalue weighted by Crippen LogP contribution is -2.23. The van der Waals surface area contributed by atoms with E-state index in [-0.39, 0.29) is 0 Å². The molecule has 158 valence electrons. The molecule has 1 aromatic carbocycles. The number of halogens is 1. The zero-order valence-electron chi connectivity index (χ0n) is 16.7. The van der Waals surface area contributed by atoms with E-state index in [1.54, 1.807) is 30.6 Å². The van der Waals surface area contributed by atoms with Gasteiger partial charge in [0.1, 0.15) is 5.82 Å². The minimum absolute atomic E-state index is 0.470. The van der Waals surface area contributed by atoms with E-state index in [4.69, 9.17) is 23.1 Å². The van der Waals surface area contributed by atoms with Crippen LogP contribution in [0.1, 0.15) is 37.7 Å². The number of hydrogen-bond donors (Lipinski definition) is 4. The molecule has 0 unspecified atom stereocenters. The smallest absolute Gasteiger partial charge is 0.222 e. The molecule has 0 radical (unpaired) electrons. The van der Waals surface area contributed by atoms with Crippen LogP contribution in [0.4, 0.5) is 5.95 Å². The molecule has 0 amide bonds. The van der Waals surface area contributed by atoms with Crippen LogP contribution in [0.15, 0.2) is 71.3 Å². The molecule has 1 saturated carbocycles. The van der Waals surface area contributed by atoms with Crippen molar-refractivity contribution in [2.24, 2.45) is 11.5 Å². The van der Waals surface area contributed by atoms with Gasteiger partial charge in [-0.1, -0.05) is 43.0 Å². The zero-order chi connectivity index (χ0) is 21.2. The van der Waals surface area contributed by atoms with Crippen molar-refractivity contribution in [3.05, 3.63) is 77.0 Å². The molecule has 1 aliphatic carbocycles. The fraction of sp³-hybridized carbons (Fsp3) is 0.273. The van der Waals surface area contributed by atoms with Crippen LogP contribution in [0.3, 0.4) is 0 Å². The molecule has 1 aromatic heterocycles. The lowest BCUT2D eigenvalue weighted by atomic mass is 9.96. The average molecular weight is 443 g/mol. The first-order chi connectivity index (χ1) is 14.6. The van der Waals surface area contributed by atoms with Crippen LogP contribution in [-0.2, 0) is 0 Å². The summed E-state index contributed by atoms with van der Waals surface area (Å²) < 4.78 is 3.03. The summed E-state index contributed by atoms with van der Waals surface area (Å²) in [7, 11) is 0. The third-order valence-electron chi connectivity index (χ3n) is 4.65. The second-order valence-electron chi connectivity index (χ2n) is 7.08. The second kappa shape index (κ2) is 11.5. The minimum Gasteiger partial charge on any atom is -0.399 e. The molecule has 1 fully saturated rings. The Bertz CT molecular complexity index is 904. The molecule has 30 heavy (non-hydrogen) atoms. The summed E-state index contributed by atoms with van der Waals surface area (Å²) in [5, 5.41) is 4.08. The van der Waals surface area contributed by atoms with Gasteiger partial charge in [-0.3, -0.25) is 0 Å². The highest BCUT2D eigenvalue weighted by molar-refractivity contribution is 7.97. The van der Waals surface area contributed by atoms with E-state index < -0.39 is 0 Å². The SMILES string of the molecule is NC(=C\C=C(/N)NSc1ccccc1Cl)/C=C/c1cnc(NC2CCCCC2)nc1. The summed E-state index contributed by atoms with van der Waals surface area (Å²) >= 11 is 7.46. The molecule has 1 heterocycles. The van der Waals surface area contributed by atoms with Gasteiger partial charge in [0, 0.05) is 34.6 Å². The van der Waals surface area contributed by atoms with Crippen LogP contribution in [0.5, 0.6) is 0 Å². The molecule has 0 saturated heterocycles. The monoisotopic (exact) mass is 442 g/mol. The third-order valence-corrected chi connectivity index (χ3v) is 6.00. The summed E-state index contributed by atoms with van der Waals surface area (Å²) in [6.07, 6.45) is 16.9. The number of nitrogens with two attached hydrogens (primary N) is 2. The van der Waals surface area contributed by atoms with Crippen molar-refractivity contribution < 1.29 is 0 Å². The summed E-state index contributed by atoms with van der Waals surface area (Å²) in [6, 6.07) is 8.03. The van der Waals surface area contributed by atoms with E-state index in [2.05, 4.69) is 20.0 Å². The predicted molar refractivity (Wildman–Crippen MR) is 127 cm³/mol. The Balaban J connectivity index is 1.48. The largest absolute Gasteiger partial charge is 0.399 e. The van der Waals surface area contributed by atoms with Crippen molar-refractivity contribution in [2.75, 3.05) is 5.32 Å². The molecule has 6 N–H and O–H groups in total. The maximum absolute atomic E-state index is 6.12. The van der Waals surface area contributed by atoms with Crippen molar-refractivity contribution in [3.8, 4) is 0 Å². The standard InChI is InChI=1S/C22H27ClN6S/c23-19-8-4-5-9-20(19)30-29-21(25)13-12-17(24)11-10-16-14-26-22(27-15-16)28-18-6-2-1-3-7-18/h4-5,8-15,18,29H,1-3,6-7,24-25H2,(H,26,27,28)/b11-10+,17-12-,21-13+. The number of hydrogen-bond acceptors (Lipinski definition) is 7. The number of nitrogens with one attached hydrogen (secondary N) is 2. The van der Waals surface area contributed by atoms with Gasteiger partial charge in [0.15, 0.2) is 0 Å². The second-order valence-corrected chi connectivity index (χ2v) is 8.33. The highest BCUT2D eigenvalue weighted by Crippen LogP contribution is 2.24. The van der Waals surface area contributed by atoms with Crippen LogP contribution >= 0.6 is 23.5 Å². The van der Waals surface area contributed by atoms with Crippen molar-refractivity contribution in [2.45, 2.75) is 43.0 Å². The Morgan fingerprint density at radius 3 is 2.53 bits per heavy atom. The molecular weight excluding hydrogens is 416 g/mol. The van der Waals surface area contributed by atoms with E-state index in [1.165, 1.54) is 44.1 Å². The number of allylic oxidation sites excluding steroid dienone is 3. The van der Waals surface area contributed by atoms with Gasteiger partial charge in [-0.2, -0.15) is 0 Å². The molecule has 0 spiro atoms. The normalized spacial score (nSPS) is 16.0. The van der Waals surface area contributed by atoms with Crippen LogP contribution in [0.25, 0.3) is 6.08 Å². The van der Waals surface area contributed by atoms with Crippen molar-refractivity contribution >= 4 is 35.6 Å². The van der Waals surface area contributed by atoms with Crippen molar-refractivity contribution in [1.82, 2.24) is 14.7 Å². The van der Waals surface area contributed by atoms with E-state index in [9.17, 15) is 0 Å². The Morgan fingerprint density at radius 1 is 1.07 bits per heavy atom. The van der Waals surface area contributed by atoms with Gasteiger partial charge in [0.25, 0.3) is 0 Å². The molecule has 2 aromatic rings. The van der Waals surface area contributed by atoms with Gasteiger partial charge in [-0.25, -0.2) is 9.97 Å². The van der Waals surface area contributed by atoms with Crippen LogP contribution in [0.2, 0.25) is 5.02 Å². The highest BCUT2D eigenvalue weighted by Gasteiger charge is 2.13. The van der Waals surface area contributed by atoms with Crippen LogP contribution < -0.4 is 21.5 Å². The highest BCUT2D eigenvalue weighted by atomic mass is 35.5. The number of benzene rings is 1. The molecular formula is C22H27ClN6S.